The first-order chi connectivity index (χ1) is 13.8. The molecule has 0 heterocycles. The fourth-order valence-corrected chi connectivity index (χ4v) is 5.66. The SMILES string of the molecule is [2H]OS(=O)(=O)c1cc(S(=O)(=O)[O-])c2ccc3c([O-])cc(S(=O)(=O)[O-])c4ccc1c2c34. The van der Waals surface area contributed by atoms with Crippen molar-refractivity contribution in [1.29, 1.82) is 1.43 Å². The van der Waals surface area contributed by atoms with Gasteiger partial charge in [-0.2, -0.15) is 8.42 Å². The first kappa shape index (κ1) is 18.5. The Balaban J connectivity index is 2.45. The molecule has 13 heteroatoms. The first-order valence-electron chi connectivity index (χ1n) is 7.95. The van der Waals surface area contributed by atoms with Crippen LogP contribution in [0.25, 0.3) is 33.7 Å². The molecule has 0 spiro atoms. The summed E-state index contributed by atoms with van der Waals surface area (Å²) < 4.78 is 105. The second-order valence-corrected chi connectivity index (χ2v) is 10.2. The van der Waals surface area contributed by atoms with Crippen molar-refractivity contribution < 1.29 is 44.0 Å². The van der Waals surface area contributed by atoms with Gasteiger partial charge in [-0.15, -0.1) is 0 Å². The number of hydrogen-bond acceptors (Lipinski definition) is 10. The van der Waals surface area contributed by atoms with Crippen LogP contribution in [0.1, 0.15) is 0 Å². The molecule has 0 atom stereocenters. The van der Waals surface area contributed by atoms with Gasteiger partial charge in [-0.25, -0.2) is 16.8 Å². The molecule has 0 saturated heterocycles. The molecule has 152 valence electrons. The molecule has 0 aliphatic heterocycles. The summed E-state index contributed by atoms with van der Waals surface area (Å²) in [6, 6.07) is 5.51. The molecule has 0 radical (unpaired) electrons. The van der Waals surface area contributed by atoms with Crippen LogP contribution in [0.3, 0.4) is 0 Å². The van der Waals surface area contributed by atoms with Crippen LogP contribution in [-0.4, -0.2) is 38.9 Å². The lowest BCUT2D eigenvalue weighted by Gasteiger charge is -2.22. The molecule has 0 bridgehead atoms. The Morgan fingerprint density at radius 1 is 0.690 bits per heavy atom. The van der Waals surface area contributed by atoms with Crippen molar-refractivity contribution in [3.05, 3.63) is 36.4 Å². The van der Waals surface area contributed by atoms with Crippen molar-refractivity contribution in [3.63, 3.8) is 0 Å². The van der Waals surface area contributed by atoms with Crippen molar-refractivity contribution in [2.24, 2.45) is 0 Å². The van der Waals surface area contributed by atoms with E-state index in [1.165, 1.54) is 0 Å². The molecule has 4 aromatic rings. The highest BCUT2D eigenvalue weighted by Crippen LogP contribution is 2.44. The van der Waals surface area contributed by atoms with Gasteiger partial charge in [0.2, 0.25) is 1.43 Å². The Morgan fingerprint density at radius 2 is 1.10 bits per heavy atom. The smallest absolute Gasteiger partial charge is 0.295 e. The summed E-state index contributed by atoms with van der Waals surface area (Å²) >= 11 is 0. The molecule has 0 aromatic heterocycles. The Bertz CT molecular complexity index is 1690. The standard InChI is InChI=1S/C16H10O10S3/c17-11-5-12(27(18,19)20)8-3-4-10-14(29(24,25)26)6-13(28(21,22)23)9-2-1-7(11)15(8)16(9)10/h1-6,17H,(H,18,19,20)(H,21,22,23)(H,24,25,26)/p-3/i/hD. The number of rotatable bonds is 4. The lowest BCUT2D eigenvalue weighted by atomic mass is 9.94. The third-order valence-electron chi connectivity index (χ3n) is 4.55. The normalized spacial score (nSPS) is 14.1. The van der Waals surface area contributed by atoms with Gasteiger partial charge < -0.3 is 14.2 Å². The molecular weight excluding hydrogens is 448 g/mol. The molecular formula is C16H7O10S3-3. The van der Waals surface area contributed by atoms with Crippen LogP contribution < -0.4 is 5.11 Å². The second kappa shape index (κ2) is 5.75. The summed E-state index contributed by atoms with van der Waals surface area (Å²) in [4.78, 5) is -2.72. The highest BCUT2D eigenvalue weighted by atomic mass is 32.2. The summed E-state index contributed by atoms with van der Waals surface area (Å²) in [6.45, 7) is 0. The summed E-state index contributed by atoms with van der Waals surface area (Å²) in [6.07, 6.45) is 0. The van der Waals surface area contributed by atoms with Gasteiger partial charge in [-0.05, 0) is 16.8 Å². The minimum Gasteiger partial charge on any atom is -0.872 e. The molecule has 0 fully saturated rings. The molecule has 0 amide bonds. The van der Waals surface area contributed by atoms with E-state index in [0.717, 1.165) is 24.3 Å². The van der Waals surface area contributed by atoms with Crippen LogP contribution in [0.5, 0.6) is 5.75 Å². The Morgan fingerprint density at radius 3 is 1.59 bits per heavy atom. The largest absolute Gasteiger partial charge is 0.872 e. The fourth-order valence-electron chi connectivity index (χ4n) is 3.49. The van der Waals surface area contributed by atoms with Crippen LogP contribution >= 0.6 is 0 Å². The zero-order valence-electron chi connectivity index (χ0n) is 14.8. The van der Waals surface area contributed by atoms with Crippen molar-refractivity contribution in [3.8, 4) is 5.75 Å². The van der Waals surface area contributed by atoms with E-state index in [1.54, 1.807) is 0 Å². The maximum absolute atomic E-state index is 12.4. The number of benzene rings is 4. The summed E-state index contributed by atoms with van der Waals surface area (Å²) in [5, 5.41) is 11.0. The van der Waals surface area contributed by atoms with E-state index in [1.807, 2.05) is 0 Å². The molecule has 29 heavy (non-hydrogen) atoms. The fraction of sp³-hybridized carbons (Fsp3) is 0. The van der Waals surface area contributed by atoms with Crippen LogP contribution in [0, 0.1) is 0 Å². The minimum atomic E-state index is -5.26. The predicted octanol–water partition coefficient (Wildman–Crippen LogP) is 0.713. The highest BCUT2D eigenvalue weighted by Gasteiger charge is 2.24. The number of hydrogen-bond donors (Lipinski definition) is 1. The molecule has 0 aliphatic carbocycles. The zero-order valence-corrected chi connectivity index (χ0v) is 16.2. The van der Waals surface area contributed by atoms with Gasteiger partial charge in [-0.3, -0.25) is 4.56 Å². The van der Waals surface area contributed by atoms with Crippen molar-refractivity contribution in [1.82, 2.24) is 0 Å². The third kappa shape index (κ3) is 2.90. The average Bonchev–Trinajstić information content (AvgIpc) is 2.64. The van der Waals surface area contributed by atoms with Crippen LogP contribution in [0.4, 0.5) is 0 Å². The topological polar surface area (TPSA) is 192 Å². The summed E-state index contributed by atoms with van der Waals surface area (Å²) in [5.41, 5.74) is 0. The van der Waals surface area contributed by atoms with Gasteiger partial charge in [0.05, 0.1) is 9.79 Å². The van der Waals surface area contributed by atoms with E-state index in [9.17, 15) is 39.5 Å². The predicted molar refractivity (Wildman–Crippen MR) is 95.3 cm³/mol. The minimum absolute atomic E-state index is 0.133. The molecule has 0 aliphatic rings. The zero-order chi connectivity index (χ0) is 22.2. The summed E-state index contributed by atoms with van der Waals surface area (Å²) in [5.74, 6) is -0.886. The monoisotopic (exact) mass is 456 g/mol. The van der Waals surface area contributed by atoms with E-state index < -0.39 is 50.8 Å². The van der Waals surface area contributed by atoms with Crippen LogP contribution in [0.15, 0.2) is 51.1 Å². The molecule has 0 unspecified atom stereocenters. The second-order valence-electron chi connectivity index (χ2n) is 6.18. The Hall–Kier alpha value is -2.55. The van der Waals surface area contributed by atoms with E-state index >= 15 is 0 Å². The van der Waals surface area contributed by atoms with Crippen molar-refractivity contribution >= 4 is 62.7 Å². The lowest BCUT2D eigenvalue weighted by molar-refractivity contribution is -0.266. The van der Waals surface area contributed by atoms with Crippen LogP contribution in [0.2, 0.25) is 0 Å². The van der Waals surface area contributed by atoms with E-state index in [0.29, 0.717) is 12.1 Å². The van der Waals surface area contributed by atoms with E-state index in [2.05, 4.69) is 4.56 Å². The highest BCUT2D eigenvalue weighted by molar-refractivity contribution is 7.87. The lowest BCUT2D eigenvalue weighted by Crippen LogP contribution is -2.07. The van der Waals surface area contributed by atoms with Gasteiger partial charge in [0.1, 0.15) is 25.1 Å². The van der Waals surface area contributed by atoms with E-state index in [-0.39, 0.29) is 32.3 Å². The van der Waals surface area contributed by atoms with Crippen molar-refractivity contribution in [2.45, 2.75) is 14.7 Å². The van der Waals surface area contributed by atoms with Gasteiger partial charge >= 0.3 is 0 Å². The van der Waals surface area contributed by atoms with Gasteiger partial charge in [0, 0.05) is 21.5 Å². The molecule has 10 nitrogen and oxygen atoms in total. The molecule has 4 aromatic carbocycles. The average molecular weight is 456 g/mol. The maximum atomic E-state index is 12.4. The van der Waals surface area contributed by atoms with Gasteiger partial charge in [0.25, 0.3) is 10.1 Å². The quantitative estimate of drug-likeness (QED) is 0.338. The molecule has 4 rings (SSSR count). The Kier molecular flexibility index (Phi) is 3.66. The summed E-state index contributed by atoms with van der Waals surface area (Å²) in [7, 11) is -15.2. The molecule has 1 N–H and O–H groups in total. The first-order valence-corrected chi connectivity index (χ1v) is 11.8. The Labute approximate surface area is 165 Å². The molecule has 0 saturated carbocycles. The third-order valence-corrected chi connectivity index (χ3v) is 7.18. The van der Waals surface area contributed by atoms with Crippen LogP contribution in [-0.2, 0) is 30.4 Å². The van der Waals surface area contributed by atoms with Crippen molar-refractivity contribution in [2.75, 3.05) is 0 Å². The maximum Gasteiger partial charge on any atom is 0.295 e. The van der Waals surface area contributed by atoms with Gasteiger partial charge in [0.15, 0.2) is 0 Å². The van der Waals surface area contributed by atoms with E-state index in [4.69, 9.17) is 1.43 Å². The van der Waals surface area contributed by atoms with Gasteiger partial charge in [-0.1, -0.05) is 36.1 Å².